The Bertz CT molecular complexity index is 423. The van der Waals surface area contributed by atoms with Gasteiger partial charge < -0.3 is 10.1 Å². The van der Waals surface area contributed by atoms with Crippen molar-refractivity contribution in [2.45, 2.75) is 71.8 Å². The quantitative estimate of drug-likeness (QED) is 0.535. The lowest BCUT2D eigenvalue weighted by Crippen LogP contribution is -2.41. The summed E-state index contributed by atoms with van der Waals surface area (Å²) in [7, 11) is 0. The molecular weight excluding hydrogens is 294 g/mol. The summed E-state index contributed by atoms with van der Waals surface area (Å²) in [5, 5.41) is 3.67. The predicted octanol–water partition coefficient (Wildman–Crippen LogP) is 5.57. The van der Waals surface area contributed by atoms with E-state index in [1.165, 1.54) is 56.9 Å². The molecule has 1 aromatic carbocycles. The maximum Gasteiger partial charge on any atom is 0.0717 e. The van der Waals surface area contributed by atoms with Crippen LogP contribution in [0.3, 0.4) is 0 Å². The van der Waals surface area contributed by atoms with E-state index in [-0.39, 0.29) is 0 Å². The number of nitrogens with one attached hydrogen (secondary N) is 1. The summed E-state index contributed by atoms with van der Waals surface area (Å²) in [6.07, 6.45) is 10.8. The fourth-order valence-corrected chi connectivity index (χ4v) is 3.93. The summed E-state index contributed by atoms with van der Waals surface area (Å²) in [6.45, 7) is 8.44. The molecule has 24 heavy (non-hydrogen) atoms. The van der Waals surface area contributed by atoms with Crippen molar-refractivity contribution < 1.29 is 4.74 Å². The van der Waals surface area contributed by atoms with Crippen molar-refractivity contribution in [3.05, 3.63) is 35.9 Å². The molecule has 0 amide bonds. The minimum atomic E-state index is 0.354. The molecule has 1 saturated carbocycles. The smallest absolute Gasteiger partial charge is 0.0717 e. The van der Waals surface area contributed by atoms with Crippen LogP contribution < -0.4 is 5.32 Å². The lowest BCUT2D eigenvalue weighted by Gasteiger charge is -2.40. The van der Waals surface area contributed by atoms with Crippen LogP contribution in [0, 0.1) is 11.3 Å². The van der Waals surface area contributed by atoms with Crippen LogP contribution in [-0.4, -0.2) is 19.7 Å². The molecule has 2 rings (SSSR count). The first-order valence-corrected chi connectivity index (χ1v) is 10.1. The van der Waals surface area contributed by atoms with Crippen LogP contribution in [0.4, 0.5) is 0 Å². The topological polar surface area (TPSA) is 21.3 Å². The molecule has 1 aliphatic rings. The summed E-state index contributed by atoms with van der Waals surface area (Å²) in [6, 6.07) is 10.6. The number of unbranched alkanes of at least 4 members (excludes halogenated alkanes) is 1. The Labute approximate surface area is 149 Å². The van der Waals surface area contributed by atoms with E-state index in [1.54, 1.807) is 0 Å². The minimum Gasteiger partial charge on any atom is -0.376 e. The zero-order valence-corrected chi connectivity index (χ0v) is 15.9. The summed E-state index contributed by atoms with van der Waals surface area (Å²) >= 11 is 0. The van der Waals surface area contributed by atoms with Crippen LogP contribution in [0.1, 0.15) is 70.8 Å². The summed E-state index contributed by atoms with van der Waals surface area (Å²) in [5.74, 6) is 0.957. The Morgan fingerprint density at radius 1 is 1.08 bits per heavy atom. The summed E-state index contributed by atoms with van der Waals surface area (Å²) in [4.78, 5) is 0. The fourth-order valence-electron chi connectivity index (χ4n) is 3.93. The predicted molar refractivity (Wildman–Crippen MR) is 103 cm³/mol. The highest BCUT2D eigenvalue weighted by molar-refractivity contribution is 5.13. The largest absolute Gasteiger partial charge is 0.376 e. The van der Waals surface area contributed by atoms with E-state index in [9.17, 15) is 0 Å². The Kier molecular flexibility index (Phi) is 8.83. The van der Waals surface area contributed by atoms with Crippen molar-refractivity contribution in [1.29, 1.82) is 0 Å². The molecule has 1 aromatic rings. The average molecular weight is 332 g/mol. The Balaban J connectivity index is 1.82. The second-order valence-electron chi connectivity index (χ2n) is 7.74. The second kappa shape index (κ2) is 10.9. The zero-order valence-electron chi connectivity index (χ0n) is 15.9. The molecule has 0 atom stereocenters. The number of benzene rings is 1. The van der Waals surface area contributed by atoms with Gasteiger partial charge in [-0.1, -0.05) is 63.4 Å². The first-order valence-electron chi connectivity index (χ1n) is 10.1. The molecule has 2 heteroatoms. The first-order chi connectivity index (χ1) is 11.8. The molecule has 1 N–H and O–H groups in total. The minimum absolute atomic E-state index is 0.354. The van der Waals surface area contributed by atoms with Crippen molar-refractivity contribution in [3.63, 3.8) is 0 Å². The van der Waals surface area contributed by atoms with Crippen LogP contribution in [0.15, 0.2) is 30.3 Å². The van der Waals surface area contributed by atoms with Gasteiger partial charge in [-0.05, 0) is 50.1 Å². The van der Waals surface area contributed by atoms with E-state index in [1.807, 2.05) is 0 Å². The highest BCUT2D eigenvalue weighted by Gasteiger charge is 2.35. The lowest BCUT2D eigenvalue weighted by molar-refractivity contribution is 0.00186. The monoisotopic (exact) mass is 331 g/mol. The average Bonchev–Trinajstić information content (AvgIpc) is 2.62. The molecular formula is C22H37NO. The van der Waals surface area contributed by atoms with Crippen molar-refractivity contribution >= 4 is 0 Å². The lowest BCUT2D eigenvalue weighted by atomic mass is 9.69. The fraction of sp³-hybridized carbons (Fsp3) is 0.727. The van der Waals surface area contributed by atoms with Gasteiger partial charge in [-0.15, -0.1) is 0 Å². The molecule has 2 nitrogen and oxygen atoms in total. The van der Waals surface area contributed by atoms with Gasteiger partial charge in [0, 0.05) is 12.0 Å². The molecule has 1 fully saturated rings. The van der Waals surface area contributed by atoms with E-state index < -0.39 is 0 Å². The van der Waals surface area contributed by atoms with Crippen molar-refractivity contribution in [1.82, 2.24) is 5.32 Å². The van der Waals surface area contributed by atoms with Crippen LogP contribution in [0.5, 0.6) is 0 Å². The standard InChI is InChI=1S/C22H37NO/c1-3-5-9-20-12-14-22(15-13-20,18-23-16-4-2)19-24-17-21-10-7-6-8-11-21/h6-8,10-11,20,23H,3-5,9,12-19H2,1-2H3. The number of hydrogen-bond donors (Lipinski definition) is 1. The van der Waals surface area contributed by atoms with Gasteiger partial charge in [0.1, 0.15) is 0 Å². The number of rotatable bonds is 11. The van der Waals surface area contributed by atoms with Crippen LogP contribution in [0.2, 0.25) is 0 Å². The van der Waals surface area contributed by atoms with Gasteiger partial charge in [0.2, 0.25) is 0 Å². The molecule has 0 radical (unpaired) electrons. The van der Waals surface area contributed by atoms with Crippen LogP contribution in [0.25, 0.3) is 0 Å². The van der Waals surface area contributed by atoms with Crippen molar-refractivity contribution in [2.75, 3.05) is 19.7 Å². The van der Waals surface area contributed by atoms with Crippen molar-refractivity contribution in [3.8, 4) is 0 Å². The molecule has 0 aliphatic heterocycles. The zero-order chi connectivity index (χ0) is 17.1. The van der Waals surface area contributed by atoms with Crippen molar-refractivity contribution in [2.24, 2.45) is 11.3 Å². The van der Waals surface area contributed by atoms with E-state index in [0.717, 1.165) is 32.2 Å². The van der Waals surface area contributed by atoms with E-state index in [4.69, 9.17) is 4.74 Å². The molecule has 0 spiro atoms. The molecule has 0 heterocycles. The maximum atomic E-state index is 6.17. The Morgan fingerprint density at radius 3 is 2.50 bits per heavy atom. The molecule has 136 valence electrons. The summed E-state index contributed by atoms with van der Waals surface area (Å²) in [5.41, 5.74) is 1.64. The van der Waals surface area contributed by atoms with Crippen LogP contribution in [-0.2, 0) is 11.3 Å². The van der Waals surface area contributed by atoms with Gasteiger partial charge in [0.25, 0.3) is 0 Å². The Morgan fingerprint density at radius 2 is 1.83 bits per heavy atom. The molecule has 0 bridgehead atoms. The second-order valence-corrected chi connectivity index (χ2v) is 7.74. The van der Waals surface area contributed by atoms with E-state index >= 15 is 0 Å². The van der Waals surface area contributed by atoms with Gasteiger partial charge in [-0.2, -0.15) is 0 Å². The highest BCUT2D eigenvalue weighted by atomic mass is 16.5. The van der Waals surface area contributed by atoms with E-state index in [0.29, 0.717) is 5.41 Å². The molecule has 1 aliphatic carbocycles. The number of hydrogen-bond acceptors (Lipinski definition) is 2. The maximum absolute atomic E-state index is 6.17. The summed E-state index contributed by atoms with van der Waals surface area (Å²) < 4.78 is 6.17. The van der Waals surface area contributed by atoms with Gasteiger partial charge in [0.15, 0.2) is 0 Å². The first kappa shape index (κ1) is 19.5. The molecule has 0 aromatic heterocycles. The molecule has 0 unspecified atom stereocenters. The third-order valence-corrected chi connectivity index (χ3v) is 5.58. The highest BCUT2D eigenvalue weighted by Crippen LogP contribution is 2.40. The third kappa shape index (κ3) is 6.57. The van der Waals surface area contributed by atoms with Gasteiger partial charge in [-0.3, -0.25) is 0 Å². The molecule has 0 saturated heterocycles. The van der Waals surface area contributed by atoms with Crippen LogP contribution >= 0.6 is 0 Å². The van der Waals surface area contributed by atoms with Gasteiger partial charge in [0.05, 0.1) is 13.2 Å². The van der Waals surface area contributed by atoms with Gasteiger partial charge in [-0.25, -0.2) is 0 Å². The normalized spacial score (nSPS) is 24.2. The number of ether oxygens (including phenoxy) is 1. The third-order valence-electron chi connectivity index (χ3n) is 5.58. The van der Waals surface area contributed by atoms with E-state index in [2.05, 4.69) is 49.5 Å². The van der Waals surface area contributed by atoms with Gasteiger partial charge >= 0.3 is 0 Å². The Hall–Kier alpha value is -0.860. The SMILES string of the molecule is CCCCC1CCC(CNCCC)(COCc2ccccc2)CC1.